The van der Waals surface area contributed by atoms with Gasteiger partial charge >= 0.3 is 0 Å². The van der Waals surface area contributed by atoms with Crippen LogP contribution in [0.15, 0.2) is 0 Å². The van der Waals surface area contributed by atoms with Crippen LogP contribution in [-0.2, 0) is 18.9 Å². The first-order chi connectivity index (χ1) is 11.8. The Morgan fingerprint density at radius 3 is 2.32 bits per heavy atom. The summed E-state index contributed by atoms with van der Waals surface area (Å²) in [4.78, 5) is 2.35. The van der Waals surface area contributed by atoms with Gasteiger partial charge in [0.25, 0.3) is 0 Å². The molecule has 2 fully saturated rings. The fourth-order valence-electron chi connectivity index (χ4n) is 4.11. The number of nitrogens with zero attached hydrogens (tertiary/aromatic N) is 1. The maximum Gasteiger partial charge on any atom is 0.169 e. The van der Waals surface area contributed by atoms with Crippen molar-refractivity contribution in [1.29, 1.82) is 0 Å². The van der Waals surface area contributed by atoms with Crippen molar-refractivity contribution < 1.29 is 18.9 Å². The first kappa shape index (κ1) is 21.1. The molecule has 1 spiro atoms. The van der Waals surface area contributed by atoms with Gasteiger partial charge in [-0.3, -0.25) is 4.90 Å². The molecule has 1 unspecified atom stereocenters. The summed E-state index contributed by atoms with van der Waals surface area (Å²) in [5, 5.41) is 0. The largest absolute Gasteiger partial charge is 0.355 e. The Balaban J connectivity index is 1.75. The molecule has 1 saturated heterocycles. The summed E-state index contributed by atoms with van der Waals surface area (Å²) in [5.74, 6) is 0.477. The maximum absolute atomic E-state index is 6.39. The Labute approximate surface area is 154 Å². The minimum Gasteiger partial charge on any atom is -0.355 e. The second-order valence-electron chi connectivity index (χ2n) is 8.68. The van der Waals surface area contributed by atoms with Crippen molar-refractivity contribution >= 4 is 0 Å². The van der Waals surface area contributed by atoms with Crippen LogP contribution in [0.2, 0.25) is 0 Å². The van der Waals surface area contributed by atoms with E-state index in [0.29, 0.717) is 5.41 Å². The maximum atomic E-state index is 6.39. The Morgan fingerprint density at radius 2 is 1.80 bits per heavy atom. The quantitative estimate of drug-likeness (QED) is 0.620. The van der Waals surface area contributed by atoms with Crippen LogP contribution >= 0.6 is 0 Å². The molecule has 0 amide bonds. The van der Waals surface area contributed by atoms with Gasteiger partial charge in [0, 0.05) is 40.2 Å². The summed E-state index contributed by atoms with van der Waals surface area (Å²) in [6.45, 7) is 12.7. The van der Waals surface area contributed by atoms with Crippen molar-refractivity contribution in [2.45, 2.75) is 78.0 Å². The van der Waals surface area contributed by atoms with E-state index in [2.05, 4.69) is 32.6 Å². The van der Waals surface area contributed by atoms with Crippen LogP contribution in [0, 0.1) is 11.3 Å². The van der Waals surface area contributed by atoms with E-state index in [-0.39, 0.29) is 18.2 Å². The predicted molar refractivity (Wildman–Crippen MR) is 99.5 cm³/mol. The normalized spacial score (nSPS) is 30.7. The van der Waals surface area contributed by atoms with Gasteiger partial charge in [-0.2, -0.15) is 0 Å². The van der Waals surface area contributed by atoms with E-state index in [0.717, 1.165) is 51.4 Å². The molecule has 2 aliphatic rings. The SMILES string of the molecule is CCN(CCC1COC2(CCC(C(C)(C)C)CC2)O1)CC(OC)OC. The molecule has 0 aromatic rings. The van der Waals surface area contributed by atoms with Crippen molar-refractivity contribution in [3.05, 3.63) is 0 Å². The minimum atomic E-state index is -0.301. The second kappa shape index (κ2) is 9.14. The highest BCUT2D eigenvalue weighted by Crippen LogP contribution is 2.45. The van der Waals surface area contributed by atoms with Crippen LogP contribution in [0.1, 0.15) is 59.8 Å². The van der Waals surface area contributed by atoms with Crippen LogP contribution < -0.4 is 0 Å². The molecule has 0 bridgehead atoms. The molecule has 25 heavy (non-hydrogen) atoms. The number of methoxy groups -OCH3 is 2. The van der Waals surface area contributed by atoms with Gasteiger partial charge in [0.15, 0.2) is 12.1 Å². The fourth-order valence-corrected chi connectivity index (χ4v) is 4.11. The summed E-state index contributed by atoms with van der Waals surface area (Å²) >= 11 is 0. The molecule has 5 nitrogen and oxygen atoms in total. The van der Waals surface area contributed by atoms with Crippen molar-refractivity contribution in [3.8, 4) is 0 Å². The van der Waals surface area contributed by atoms with Gasteiger partial charge in [-0.15, -0.1) is 0 Å². The molecule has 0 N–H and O–H groups in total. The number of hydrogen-bond donors (Lipinski definition) is 0. The summed E-state index contributed by atoms with van der Waals surface area (Å²) in [5.41, 5.74) is 0.389. The average Bonchev–Trinajstić information content (AvgIpc) is 2.97. The van der Waals surface area contributed by atoms with Crippen LogP contribution in [0.4, 0.5) is 0 Å². The molecule has 0 aromatic heterocycles. The number of likely N-dealkylation sites (N-methyl/N-ethyl adjacent to an activating group) is 1. The monoisotopic (exact) mass is 357 g/mol. The lowest BCUT2D eigenvalue weighted by molar-refractivity contribution is -0.197. The minimum absolute atomic E-state index is 0.167. The first-order valence-electron chi connectivity index (χ1n) is 9.91. The fraction of sp³-hybridized carbons (Fsp3) is 1.00. The van der Waals surface area contributed by atoms with Crippen molar-refractivity contribution in [1.82, 2.24) is 4.90 Å². The standard InChI is InChI=1S/C20H39NO4/c1-7-21(14-18(22-5)23-6)13-10-17-15-24-20(25-17)11-8-16(9-12-20)19(2,3)4/h16-18H,7-15H2,1-6H3. The van der Waals surface area contributed by atoms with Crippen LogP contribution in [0.3, 0.4) is 0 Å². The molecule has 1 heterocycles. The van der Waals surface area contributed by atoms with E-state index < -0.39 is 0 Å². The Kier molecular flexibility index (Phi) is 7.71. The molecule has 1 saturated carbocycles. The molecule has 2 rings (SSSR count). The van der Waals surface area contributed by atoms with Crippen molar-refractivity contribution in [2.24, 2.45) is 11.3 Å². The predicted octanol–water partition coefficient (Wildman–Crippen LogP) is 3.67. The van der Waals surface area contributed by atoms with Gasteiger partial charge in [0.2, 0.25) is 0 Å². The number of rotatable bonds is 8. The van der Waals surface area contributed by atoms with Crippen molar-refractivity contribution in [2.75, 3.05) is 40.5 Å². The average molecular weight is 358 g/mol. The van der Waals surface area contributed by atoms with Gasteiger partial charge in [-0.25, -0.2) is 0 Å². The van der Waals surface area contributed by atoms with E-state index in [1.165, 1.54) is 12.8 Å². The zero-order valence-corrected chi connectivity index (χ0v) is 17.2. The van der Waals surface area contributed by atoms with Crippen LogP contribution in [0.25, 0.3) is 0 Å². The summed E-state index contributed by atoms with van der Waals surface area (Å²) in [7, 11) is 3.38. The van der Waals surface area contributed by atoms with Gasteiger partial charge in [0.05, 0.1) is 12.7 Å². The molecule has 1 aliphatic heterocycles. The Morgan fingerprint density at radius 1 is 1.16 bits per heavy atom. The highest BCUT2D eigenvalue weighted by atomic mass is 16.7. The van der Waals surface area contributed by atoms with Gasteiger partial charge in [-0.1, -0.05) is 27.7 Å². The summed E-state index contributed by atoms with van der Waals surface area (Å²) in [6.07, 6.45) is 5.54. The molecular weight excluding hydrogens is 318 g/mol. The number of hydrogen-bond acceptors (Lipinski definition) is 5. The van der Waals surface area contributed by atoms with Gasteiger partial charge in [0.1, 0.15) is 0 Å². The molecule has 0 radical (unpaired) electrons. The van der Waals surface area contributed by atoms with Gasteiger partial charge in [-0.05, 0) is 37.1 Å². The van der Waals surface area contributed by atoms with E-state index in [1.807, 2.05) is 0 Å². The third kappa shape index (κ3) is 5.90. The van der Waals surface area contributed by atoms with E-state index in [9.17, 15) is 0 Å². The second-order valence-corrected chi connectivity index (χ2v) is 8.68. The molecule has 1 aliphatic carbocycles. The summed E-state index contributed by atoms with van der Waals surface area (Å²) in [6, 6.07) is 0. The molecular formula is C20H39NO4. The Bertz CT molecular complexity index is 384. The lowest BCUT2D eigenvalue weighted by Gasteiger charge is -2.41. The molecule has 5 heteroatoms. The lowest BCUT2D eigenvalue weighted by atomic mass is 9.71. The smallest absolute Gasteiger partial charge is 0.169 e. The van der Waals surface area contributed by atoms with Gasteiger partial charge < -0.3 is 18.9 Å². The zero-order valence-electron chi connectivity index (χ0n) is 17.2. The summed E-state index contributed by atoms with van der Waals surface area (Å²) < 4.78 is 23.2. The van der Waals surface area contributed by atoms with Crippen LogP contribution in [0.5, 0.6) is 0 Å². The molecule has 1 atom stereocenters. The zero-order chi connectivity index (χ0) is 18.5. The Hall–Kier alpha value is -0.200. The third-order valence-electron chi connectivity index (χ3n) is 6.03. The lowest BCUT2D eigenvalue weighted by Crippen LogP contribution is -2.39. The van der Waals surface area contributed by atoms with Crippen LogP contribution in [-0.4, -0.2) is 63.5 Å². The third-order valence-corrected chi connectivity index (χ3v) is 6.03. The van der Waals surface area contributed by atoms with E-state index in [4.69, 9.17) is 18.9 Å². The highest BCUT2D eigenvalue weighted by molar-refractivity contribution is 4.88. The topological polar surface area (TPSA) is 40.2 Å². The number of ether oxygens (including phenoxy) is 4. The van der Waals surface area contributed by atoms with Crippen molar-refractivity contribution in [3.63, 3.8) is 0 Å². The van der Waals surface area contributed by atoms with E-state index in [1.54, 1.807) is 14.2 Å². The molecule has 0 aromatic carbocycles. The van der Waals surface area contributed by atoms with E-state index >= 15 is 0 Å². The molecule has 148 valence electrons. The first-order valence-corrected chi connectivity index (χ1v) is 9.91. The highest BCUT2D eigenvalue weighted by Gasteiger charge is 2.45.